The molecule has 5 rings (SSSR count). The Morgan fingerprint density at radius 3 is 2.52 bits per heavy atom. The van der Waals surface area contributed by atoms with Crippen LogP contribution in [0.2, 0.25) is 0 Å². The van der Waals surface area contributed by atoms with Crippen LogP contribution < -0.4 is 9.62 Å². The number of urea groups is 1. The number of benzene rings is 2. The van der Waals surface area contributed by atoms with E-state index in [0.29, 0.717) is 11.0 Å². The normalized spacial score (nSPS) is 23.0. The molecule has 8 nitrogen and oxygen atoms in total. The molecule has 3 atom stereocenters. The van der Waals surface area contributed by atoms with Crippen molar-refractivity contribution in [2.45, 2.75) is 25.9 Å². The summed E-state index contributed by atoms with van der Waals surface area (Å²) in [5, 5.41) is 4.40. The number of hydrogen-bond donors (Lipinski definition) is 1. The van der Waals surface area contributed by atoms with Crippen LogP contribution >= 0.6 is 0 Å². The summed E-state index contributed by atoms with van der Waals surface area (Å²) < 4.78 is 61.2. The second kappa shape index (κ2) is 7.77. The summed E-state index contributed by atoms with van der Waals surface area (Å²) in [6, 6.07) is 7.42. The van der Waals surface area contributed by atoms with Gasteiger partial charge in [0.1, 0.15) is 11.6 Å². The molecule has 0 spiro atoms. The molecule has 1 N–H and O–H groups in total. The molecule has 2 fully saturated rings. The van der Waals surface area contributed by atoms with Gasteiger partial charge in [0.15, 0.2) is 11.4 Å². The number of amides is 2. The highest BCUT2D eigenvalue weighted by atomic mass is 32.2. The van der Waals surface area contributed by atoms with Crippen LogP contribution in [-0.4, -0.2) is 55.4 Å². The van der Waals surface area contributed by atoms with Crippen LogP contribution in [-0.2, 0) is 10.0 Å². The van der Waals surface area contributed by atoms with Crippen LogP contribution in [0.25, 0.3) is 22.1 Å². The lowest BCUT2D eigenvalue weighted by Crippen LogP contribution is -2.43. The lowest BCUT2D eigenvalue weighted by atomic mass is 9.99. The predicted octanol–water partition coefficient (Wildman–Crippen LogP) is 3.34. The number of fused-ring (bicyclic) bond motifs is 2. The minimum atomic E-state index is -3.41. The standard InChI is InChI=1S/C22H22F2N4O4S/c1-3-33(30,31)26-16-10-27-17(12(16)2)11-28(22(27)29)21-20-13(6-4-9-18(20)32-25-21)19-14(23)7-5-8-15(19)24/h4-9,12,16-17,26H,3,10-11H2,1-2H3/t12-,16-,17+/m0/s1. The molecule has 1 aromatic heterocycles. The van der Waals surface area contributed by atoms with Gasteiger partial charge in [0, 0.05) is 18.2 Å². The molecule has 174 valence electrons. The van der Waals surface area contributed by atoms with E-state index in [1.54, 1.807) is 30.0 Å². The van der Waals surface area contributed by atoms with Crippen molar-refractivity contribution in [1.29, 1.82) is 0 Å². The van der Waals surface area contributed by atoms with Gasteiger partial charge in [0.2, 0.25) is 10.0 Å². The first kappa shape index (κ1) is 21.8. The fourth-order valence-electron chi connectivity index (χ4n) is 4.73. The molecule has 0 radical (unpaired) electrons. The highest BCUT2D eigenvalue weighted by molar-refractivity contribution is 7.89. The smallest absolute Gasteiger partial charge is 0.326 e. The average molecular weight is 477 g/mol. The third-order valence-electron chi connectivity index (χ3n) is 6.56. The first-order valence-electron chi connectivity index (χ1n) is 10.6. The van der Waals surface area contributed by atoms with Crippen molar-refractivity contribution >= 4 is 32.8 Å². The summed E-state index contributed by atoms with van der Waals surface area (Å²) in [7, 11) is -3.41. The van der Waals surface area contributed by atoms with E-state index >= 15 is 0 Å². The van der Waals surface area contributed by atoms with Crippen molar-refractivity contribution in [3.05, 3.63) is 48.0 Å². The van der Waals surface area contributed by atoms with E-state index in [1.165, 1.54) is 23.1 Å². The zero-order chi connectivity index (χ0) is 23.5. The number of aromatic nitrogens is 1. The Morgan fingerprint density at radius 2 is 1.85 bits per heavy atom. The Balaban J connectivity index is 1.52. The van der Waals surface area contributed by atoms with Crippen LogP contribution in [0, 0.1) is 17.6 Å². The fraction of sp³-hybridized carbons (Fsp3) is 0.364. The van der Waals surface area contributed by atoms with Gasteiger partial charge in [0.25, 0.3) is 0 Å². The number of halogens is 2. The molecule has 2 amide bonds. The lowest BCUT2D eigenvalue weighted by molar-refractivity contribution is 0.216. The van der Waals surface area contributed by atoms with Crippen LogP contribution in [0.1, 0.15) is 13.8 Å². The molecule has 2 saturated heterocycles. The van der Waals surface area contributed by atoms with E-state index in [0.717, 1.165) is 0 Å². The largest absolute Gasteiger partial charge is 0.354 e. The molecule has 2 aromatic carbocycles. The minimum Gasteiger partial charge on any atom is -0.354 e. The number of nitrogens with one attached hydrogen (secondary N) is 1. The molecule has 33 heavy (non-hydrogen) atoms. The monoisotopic (exact) mass is 476 g/mol. The van der Waals surface area contributed by atoms with Crippen LogP contribution in [0.3, 0.4) is 0 Å². The van der Waals surface area contributed by atoms with Gasteiger partial charge in [-0.05, 0) is 31.0 Å². The third kappa shape index (κ3) is 3.46. The van der Waals surface area contributed by atoms with Gasteiger partial charge in [-0.2, -0.15) is 0 Å². The molecule has 3 heterocycles. The average Bonchev–Trinajstić information content (AvgIpc) is 3.43. The number of carbonyl (C=O) groups excluding carboxylic acids is 1. The first-order valence-corrected chi connectivity index (χ1v) is 12.3. The van der Waals surface area contributed by atoms with Gasteiger partial charge >= 0.3 is 6.03 Å². The number of carbonyl (C=O) groups is 1. The SMILES string of the molecule is CCS(=O)(=O)N[C@H]1CN2C(=O)N(c3noc4cccc(-c5c(F)cccc5F)c34)C[C@@H]2[C@H]1C. The van der Waals surface area contributed by atoms with E-state index in [9.17, 15) is 22.0 Å². The fourth-order valence-corrected chi connectivity index (χ4v) is 5.65. The Morgan fingerprint density at radius 1 is 1.15 bits per heavy atom. The Bertz CT molecular complexity index is 1340. The summed E-state index contributed by atoms with van der Waals surface area (Å²) in [6.45, 7) is 3.93. The van der Waals surface area contributed by atoms with Gasteiger partial charge in [-0.3, -0.25) is 4.90 Å². The molecular formula is C22H22F2N4O4S. The first-order chi connectivity index (χ1) is 15.7. The Kier molecular flexibility index (Phi) is 5.13. The summed E-state index contributed by atoms with van der Waals surface area (Å²) in [5.41, 5.74) is 0.314. The Hall–Kier alpha value is -3.05. The van der Waals surface area contributed by atoms with E-state index in [2.05, 4.69) is 9.88 Å². The number of anilines is 1. The maximum absolute atomic E-state index is 14.6. The maximum atomic E-state index is 14.6. The van der Waals surface area contributed by atoms with Crippen LogP contribution in [0.15, 0.2) is 40.9 Å². The molecule has 2 aliphatic heterocycles. The maximum Gasteiger partial charge on any atom is 0.326 e. The van der Waals surface area contributed by atoms with Crippen molar-refractivity contribution in [1.82, 2.24) is 14.8 Å². The molecule has 3 aromatic rings. The topological polar surface area (TPSA) is 95.8 Å². The summed E-state index contributed by atoms with van der Waals surface area (Å²) >= 11 is 0. The quantitative estimate of drug-likeness (QED) is 0.610. The molecule has 0 aliphatic carbocycles. The van der Waals surface area contributed by atoms with E-state index in [1.807, 2.05) is 6.92 Å². The van der Waals surface area contributed by atoms with Crippen molar-refractivity contribution in [2.24, 2.45) is 5.92 Å². The van der Waals surface area contributed by atoms with Crippen LogP contribution in [0.5, 0.6) is 0 Å². The van der Waals surface area contributed by atoms with Gasteiger partial charge in [-0.1, -0.05) is 30.3 Å². The van der Waals surface area contributed by atoms with Gasteiger partial charge in [-0.25, -0.2) is 26.7 Å². The summed E-state index contributed by atoms with van der Waals surface area (Å²) in [4.78, 5) is 16.3. The van der Waals surface area contributed by atoms with Gasteiger partial charge in [-0.15, -0.1) is 0 Å². The van der Waals surface area contributed by atoms with Crippen molar-refractivity contribution in [2.75, 3.05) is 23.7 Å². The number of sulfonamides is 1. The second-order valence-corrected chi connectivity index (χ2v) is 10.4. The van der Waals surface area contributed by atoms with E-state index in [-0.39, 0.29) is 59.8 Å². The van der Waals surface area contributed by atoms with Gasteiger partial charge in [0.05, 0.1) is 29.3 Å². The van der Waals surface area contributed by atoms with Crippen molar-refractivity contribution < 1.29 is 26.5 Å². The molecule has 0 unspecified atom stereocenters. The highest BCUT2D eigenvalue weighted by Crippen LogP contribution is 2.41. The van der Waals surface area contributed by atoms with Gasteiger partial charge < -0.3 is 9.42 Å². The molecule has 0 saturated carbocycles. The third-order valence-corrected chi connectivity index (χ3v) is 7.98. The van der Waals surface area contributed by atoms with Crippen molar-refractivity contribution in [3.63, 3.8) is 0 Å². The number of hydrogen-bond acceptors (Lipinski definition) is 5. The zero-order valence-electron chi connectivity index (χ0n) is 18.0. The zero-order valence-corrected chi connectivity index (χ0v) is 18.8. The lowest BCUT2D eigenvalue weighted by Gasteiger charge is -2.21. The van der Waals surface area contributed by atoms with E-state index in [4.69, 9.17) is 4.52 Å². The Labute approximate surface area is 189 Å². The predicted molar refractivity (Wildman–Crippen MR) is 118 cm³/mol. The molecule has 2 aliphatic rings. The van der Waals surface area contributed by atoms with E-state index < -0.39 is 21.7 Å². The highest BCUT2D eigenvalue weighted by Gasteiger charge is 2.50. The number of rotatable bonds is 5. The van der Waals surface area contributed by atoms with Crippen molar-refractivity contribution in [3.8, 4) is 11.1 Å². The number of nitrogens with zero attached hydrogens (tertiary/aromatic N) is 3. The second-order valence-electron chi connectivity index (χ2n) is 8.38. The molecule has 0 bridgehead atoms. The summed E-state index contributed by atoms with van der Waals surface area (Å²) in [6.07, 6.45) is 0. The summed E-state index contributed by atoms with van der Waals surface area (Å²) in [5.74, 6) is -1.46. The minimum absolute atomic E-state index is 0.0404. The molecular weight excluding hydrogens is 454 g/mol. The van der Waals surface area contributed by atoms with Crippen LogP contribution in [0.4, 0.5) is 19.4 Å². The molecule has 11 heteroatoms.